The van der Waals surface area contributed by atoms with Crippen LogP contribution in [0.3, 0.4) is 0 Å². The van der Waals surface area contributed by atoms with Crippen LogP contribution in [0.5, 0.6) is 0 Å². The Hall–Kier alpha value is -0.570. The van der Waals surface area contributed by atoms with Crippen LogP contribution in [-0.4, -0.2) is 38.1 Å². The van der Waals surface area contributed by atoms with Gasteiger partial charge in [-0.15, -0.1) is 0 Å². The van der Waals surface area contributed by atoms with Crippen molar-refractivity contribution in [3.63, 3.8) is 0 Å². The number of rotatable bonds is 2. The molecule has 3 heteroatoms. The summed E-state index contributed by atoms with van der Waals surface area (Å²) in [5, 5.41) is 0. The zero-order valence-electron chi connectivity index (χ0n) is 8.30. The van der Waals surface area contributed by atoms with Crippen LogP contribution < -0.4 is 0 Å². The Labute approximate surface area is 74.7 Å². The number of methoxy groups -OCH3 is 1. The third-order valence-corrected chi connectivity index (χ3v) is 1.76. The summed E-state index contributed by atoms with van der Waals surface area (Å²) in [7, 11) is 3.54. The van der Waals surface area contributed by atoms with Crippen LogP contribution >= 0.6 is 0 Å². The summed E-state index contributed by atoms with van der Waals surface area (Å²) in [6, 6.07) is 0. The second kappa shape index (κ2) is 7.10. The minimum absolute atomic E-state index is 0.123. The van der Waals surface area contributed by atoms with E-state index < -0.39 is 0 Å². The van der Waals surface area contributed by atoms with Crippen LogP contribution in [0.25, 0.3) is 0 Å². The second-order valence-electron chi connectivity index (χ2n) is 2.98. The quantitative estimate of drug-likeness (QED) is 0.589. The van der Waals surface area contributed by atoms with E-state index in [1.807, 2.05) is 6.92 Å². The van der Waals surface area contributed by atoms with Crippen LogP contribution in [0.1, 0.15) is 26.2 Å². The predicted molar refractivity (Wildman–Crippen MR) is 49.0 cm³/mol. The van der Waals surface area contributed by atoms with Crippen molar-refractivity contribution >= 4 is 5.97 Å². The number of esters is 1. The van der Waals surface area contributed by atoms with Crippen LogP contribution in [0.15, 0.2) is 0 Å². The molecule has 1 heterocycles. The molecule has 1 fully saturated rings. The second-order valence-corrected chi connectivity index (χ2v) is 2.98. The highest BCUT2D eigenvalue weighted by Crippen LogP contribution is 1.98. The fourth-order valence-electron chi connectivity index (χ4n) is 0.781. The molecule has 1 aliphatic heterocycles. The monoisotopic (exact) mass is 173 g/mol. The van der Waals surface area contributed by atoms with E-state index in [1.54, 1.807) is 0 Å². The number of likely N-dealkylation sites (tertiary alicyclic amines) is 1. The molecule has 1 aliphatic rings. The Morgan fingerprint density at radius 3 is 2.08 bits per heavy atom. The molecule has 12 heavy (non-hydrogen) atoms. The Morgan fingerprint density at radius 2 is 2.00 bits per heavy atom. The van der Waals surface area contributed by atoms with Crippen molar-refractivity contribution in [2.24, 2.45) is 0 Å². The van der Waals surface area contributed by atoms with Gasteiger partial charge in [-0.05, 0) is 33.0 Å². The lowest BCUT2D eigenvalue weighted by molar-refractivity contribution is -0.140. The fourth-order valence-corrected chi connectivity index (χ4v) is 0.781. The summed E-state index contributed by atoms with van der Waals surface area (Å²) in [6.45, 7) is 4.58. The highest BCUT2D eigenvalue weighted by molar-refractivity contribution is 5.68. The average molecular weight is 173 g/mol. The van der Waals surface area contributed by atoms with Crippen molar-refractivity contribution in [2.45, 2.75) is 26.2 Å². The first-order valence-corrected chi connectivity index (χ1v) is 4.46. The summed E-state index contributed by atoms with van der Waals surface area (Å²) < 4.78 is 4.35. The van der Waals surface area contributed by atoms with E-state index in [0.717, 1.165) is 6.42 Å². The maximum absolute atomic E-state index is 10.2. The van der Waals surface area contributed by atoms with Gasteiger partial charge in [0.2, 0.25) is 0 Å². The van der Waals surface area contributed by atoms with Crippen molar-refractivity contribution < 1.29 is 9.53 Å². The molecular formula is C9H19NO2. The smallest absolute Gasteiger partial charge is 0.305 e. The summed E-state index contributed by atoms with van der Waals surface area (Å²) >= 11 is 0. The molecule has 0 atom stereocenters. The molecule has 0 bridgehead atoms. The van der Waals surface area contributed by atoms with Crippen molar-refractivity contribution in [3.05, 3.63) is 0 Å². The molecule has 0 N–H and O–H groups in total. The van der Waals surface area contributed by atoms with Gasteiger partial charge in [-0.25, -0.2) is 0 Å². The van der Waals surface area contributed by atoms with Gasteiger partial charge in [0.1, 0.15) is 0 Å². The van der Waals surface area contributed by atoms with Crippen LogP contribution in [0.2, 0.25) is 0 Å². The van der Waals surface area contributed by atoms with Gasteiger partial charge in [0, 0.05) is 6.42 Å². The van der Waals surface area contributed by atoms with E-state index in [1.165, 1.54) is 26.6 Å². The number of ether oxygens (including phenoxy) is 1. The van der Waals surface area contributed by atoms with Gasteiger partial charge < -0.3 is 9.64 Å². The first-order valence-electron chi connectivity index (χ1n) is 4.46. The highest BCUT2D eigenvalue weighted by atomic mass is 16.5. The summed E-state index contributed by atoms with van der Waals surface area (Å²) in [5.74, 6) is -0.123. The summed E-state index contributed by atoms with van der Waals surface area (Å²) in [4.78, 5) is 12.5. The standard InChI is InChI=1S/C5H10O2.C4H9N/c1-3-4-5(6)7-2;1-5-3-2-4-5/h3-4H2,1-2H3;2-4H2,1H3. The Kier molecular flexibility index (Phi) is 6.76. The molecule has 1 rings (SSSR count). The largest absolute Gasteiger partial charge is 0.469 e. The maximum Gasteiger partial charge on any atom is 0.305 e. The van der Waals surface area contributed by atoms with Crippen LogP contribution in [0.4, 0.5) is 0 Å². The normalized spacial score (nSPS) is 15.6. The molecule has 0 aromatic heterocycles. The zero-order chi connectivity index (χ0) is 9.40. The molecule has 0 spiro atoms. The molecule has 0 aliphatic carbocycles. The van der Waals surface area contributed by atoms with Gasteiger partial charge in [0.15, 0.2) is 0 Å². The topological polar surface area (TPSA) is 29.5 Å². The van der Waals surface area contributed by atoms with E-state index in [4.69, 9.17) is 0 Å². The zero-order valence-corrected chi connectivity index (χ0v) is 8.30. The third-order valence-electron chi connectivity index (χ3n) is 1.76. The molecule has 0 aromatic rings. The van der Waals surface area contributed by atoms with Gasteiger partial charge in [-0.2, -0.15) is 0 Å². The molecule has 0 unspecified atom stereocenters. The molecule has 0 aromatic carbocycles. The molecular weight excluding hydrogens is 154 g/mol. The van der Waals surface area contributed by atoms with Gasteiger partial charge in [-0.1, -0.05) is 6.92 Å². The number of carbonyl (C=O) groups is 1. The molecule has 0 amide bonds. The van der Waals surface area contributed by atoms with Gasteiger partial charge in [0.05, 0.1) is 7.11 Å². The number of nitrogens with zero attached hydrogens (tertiary/aromatic N) is 1. The summed E-state index contributed by atoms with van der Waals surface area (Å²) in [5.41, 5.74) is 0. The SMILES string of the molecule is CCCC(=O)OC.CN1CCC1. The van der Waals surface area contributed by atoms with Crippen molar-refractivity contribution in [3.8, 4) is 0 Å². The van der Waals surface area contributed by atoms with Gasteiger partial charge in [-0.3, -0.25) is 4.79 Å². The van der Waals surface area contributed by atoms with Crippen molar-refractivity contribution in [1.29, 1.82) is 0 Å². The molecule has 0 radical (unpaired) electrons. The molecule has 0 saturated carbocycles. The van der Waals surface area contributed by atoms with E-state index in [9.17, 15) is 4.79 Å². The average Bonchev–Trinajstić information content (AvgIpc) is 2.02. The number of hydrogen-bond donors (Lipinski definition) is 0. The third kappa shape index (κ3) is 6.16. The fraction of sp³-hybridized carbons (Fsp3) is 0.889. The van der Waals surface area contributed by atoms with E-state index in [0.29, 0.717) is 6.42 Å². The van der Waals surface area contributed by atoms with Crippen LogP contribution in [0, 0.1) is 0 Å². The van der Waals surface area contributed by atoms with Crippen molar-refractivity contribution in [1.82, 2.24) is 4.90 Å². The van der Waals surface area contributed by atoms with Crippen LogP contribution in [-0.2, 0) is 9.53 Å². The first kappa shape index (κ1) is 11.4. The Morgan fingerprint density at radius 1 is 1.50 bits per heavy atom. The molecule has 72 valence electrons. The number of hydrogen-bond acceptors (Lipinski definition) is 3. The number of carbonyl (C=O) groups excluding carboxylic acids is 1. The summed E-state index contributed by atoms with van der Waals surface area (Å²) in [6.07, 6.45) is 2.82. The lowest BCUT2D eigenvalue weighted by Crippen LogP contribution is -2.32. The highest BCUT2D eigenvalue weighted by Gasteiger charge is 2.04. The lowest BCUT2D eigenvalue weighted by Gasteiger charge is -2.24. The van der Waals surface area contributed by atoms with Gasteiger partial charge in [0.25, 0.3) is 0 Å². The van der Waals surface area contributed by atoms with E-state index >= 15 is 0 Å². The Bertz CT molecular complexity index is 122. The Balaban J connectivity index is 0.000000211. The van der Waals surface area contributed by atoms with E-state index in [-0.39, 0.29) is 5.97 Å². The lowest BCUT2D eigenvalue weighted by atomic mass is 10.3. The molecule has 3 nitrogen and oxygen atoms in total. The van der Waals surface area contributed by atoms with Gasteiger partial charge >= 0.3 is 5.97 Å². The maximum atomic E-state index is 10.2. The first-order chi connectivity index (χ1) is 5.70. The van der Waals surface area contributed by atoms with E-state index in [2.05, 4.69) is 16.7 Å². The molecule has 1 saturated heterocycles. The minimum atomic E-state index is -0.123. The predicted octanol–water partition coefficient (Wildman–Crippen LogP) is 1.28. The van der Waals surface area contributed by atoms with Crippen molar-refractivity contribution in [2.75, 3.05) is 27.2 Å². The minimum Gasteiger partial charge on any atom is -0.469 e.